The molecule has 0 bridgehead atoms. The highest BCUT2D eigenvalue weighted by Crippen LogP contribution is 2.40. The van der Waals surface area contributed by atoms with Crippen molar-refractivity contribution in [2.75, 3.05) is 26.1 Å². The number of hydrogen-bond acceptors (Lipinski definition) is 6. The van der Waals surface area contributed by atoms with Crippen LogP contribution in [0.4, 0.5) is 0 Å². The molecule has 18 heavy (non-hydrogen) atoms. The molecule has 1 aliphatic heterocycles. The van der Waals surface area contributed by atoms with E-state index in [1.807, 2.05) is 0 Å². The van der Waals surface area contributed by atoms with Crippen LogP contribution in [-0.4, -0.2) is 39.6 Å². The lowest BCUT2D eigenvalue weighted by molar-refractivity contribution is 0.166. The predicted octanol–water partition coefficient (Wildman–Crippen LogP) is -0.147. The van der Waals surface area contributed by atoms with Crippen molar-refractivity contribution in [2.24, 2.45) is 5.73 Å². The summed E-state index contributed by atoms with van der Waals surface area (Å²) in [5.74, 6) is 0.570. The summed E-state index contributed by atoms with van der Waals surface area (Å²) in [4.78, 5) is 0.00116. The van der Waals surface area contributed by atoms with Gasteiger partial charge < -0.3 is 20.3 Å². The third-order valence-electron chi connectivity index (χ3n) is 2.66. The fourth-order valence-corrected chi connectivity index (χ4v) is 3.02. The van der Waals surface area contributed by atoms with Gasteiger partial charge in [-0.2, -0.15) is 0 Å². The van der Waals surface area contributed by atoms with Crippen molar-refractivity contribution in [3.63, 3.8) is 0 Å². The van der Waals surface area contributed by atoms with Crippen molar-refractivity contribution in [1.82, 2.24) is 0 Å². The van der Waals surface area contributed by atoms with Gasteiger partial charge in [-0.15, -0.1) is 0 Å². The Morgan fingerprint density at radius 1 is 1.39 bits per heavy atom. The van der Waals surface area contributed by atoms with Crippen LogP contribution >= 0.6 is 0 Å². The maximum absolute atomic E-state index is 11.9. The molecule has 0 saturated carbocycles. The molecule has 0 aromatic heterocycles. The van der Waals surface area contributed by atoms with Crippen LogP contribution in [0.3, 0.4) is 0 Å². The van der Waals surface area contributed by atoms with Gasteiger partial charge >= 0.3 is 0 Å². The fraction of sp³-hybridized carbons (Fsp3) is 0.455. The minimum atomic E-state index is -3.53. The second-order valence-electron chi connectivity index (χ2n) is 4.07. The minimum Gasteiger partial charge on any atom is -0.486 e. The number of aliphatic hydroxyl groups excluding tert-OH is 1. The van der Waals surface area contributed by atoms with Gasteiger partial charge in [0.15, 0.2) is 21.3 Å². The van der Waals surface area contributed by atoms with Crippen molar-refractivity contribution in [2.45, 2.75) is 10.9 Å². The monoisotopic (exact) mass is 273 g/mol. The molecule has 1 heterocycles. The topological polar surface area (TPSA) is 98.9 Å². The van der Waals surface area contributed by atoms with Crippen LogP contribution in [0.25, 0.3) is 0 Å². The molecular formula is C11H15NO5S. The third-order valence-corrected chi connectivity index (χ3v) is 3.82. The number of benzene rings is 1. The molecule has 0 aliphatic carbocycles. The highest BCUT2D eigenvalue weighted by molar-refractivity contribution is 7.90. The van der Waals surface area contributed by atoms with Crippen LogP contribution in [0.5, 0.6) is 11.5 Å². The zero-order chi connectivity index (χ0) is 13.3. The largest absolute Gasteiger partial charge is 0.486 e. The van der Waals surface area contributed by atoms with E-state index in [0.29, 0.717) is 17.9 Å². The summed E-state index contributed by atoms with van der Waals surface area (Å²) >= 11 is 0. The molecule has 2 rings (SSSR count). The Balaban J connectivity index is 2.69. The first kappa shape index (κ1) is 13.1. The van der Waals surface area contributed by atoms with Crippen LogP contribution in [0.15, 0.2) is 17.0 Å². The summed E-state index contributed by atoms with van der Waals surface area (Å²) in [5.41, 5.74) is 6.05. The van der Waals surface area contributed by atoms with E-state index in [1.54, 1.807) is 12.1 Å². The van der Waals surface area contributed by atoms with Crippen molar-refractivity contribution >= 4 is 9.84 Å². The summed E-state index contributed by atoms with van der Waals surface area (Å²) in [5, 5.41) is 9.09. The van der Waals surface area contributed by atoms with Crippen molar-refractivity contribution in [1.29, 1.82) is 0 Å². The lowest BCUT2D eigenvalue weighted by Gasteiger charge is -2.23. The van der Waals surface area contributed by atoms with Gasteiger partial charge in [-0.05, 0) is 11.6 Å². The standard InChI is InChI=1S/C11H15NO5S/c1-18(14,15)11-7(8(12)6-13)2-3-9-10(11)17-5-4-16-9/h2-3,8,13H,4-6,12H2,1H3. The molecule has 1 aliphatic rings. The van der Waals surface area contributed by atoms with E-state index >= 15 is 0 Å². The van der Waals surface area contributed by atoms with Gasteiger partial charge in [0.2, 0.25) is 0 Å². The maximum atomic E-state index is 11.9. The van der Waals surface area contributed by atoms with E-state index in [2.05, 4.69) is 0 Å². The SMILES string of the molecule is CS(=O)(=O)c1c(C(N)CO)ccc2c1OCCO2. The van der Waals surface area contributed by atoms with Crippen molar-refractivity contribution < 1.29 is 23.0 Å². The van der Waals surface area contributed by atoms with Crippen LogP contribution in [-0.2, 0) is 9.84 Å². The summed E-state index contributed by atoms with van der Waals surface area (Å²) in [6.07, 6.45) is 1.08. The predicted molar refractivity (Wildman–Crippen MR) is 64.6 cm³/mol. The zero-order valence-electron chi connectivity index (χ0n) is 9.92. The van der Waals surface area contributed by atoms with Gasteiger partial charge in [-0.1, -0.05) is 6.07 Å². The van der Waals surface area contributed by atoms with Gasteiger partial charge in [0, 0.05) is 6.26 Å². The smallest absolute Gasteiger partial charge is 0.180 e. The molecule has 0 fully saturated rings. The second kappa shape index (κ2) is 4.75. The summed E-state index contributed by atoms with van der Waals surface area (Å²) in [6, 6.07) is 2.38. The average molecular weight is 273 g/mol. The fourth-order valence-electron chi connectivity index (χ4n) is 1.88. The van der Waals surface area contributed by atoms with E-state index in [4.69, 9.17) is 20.3 Å². The second-order valence-corrected chi connectivity index (χ2v) is 6.02. The Labute approximate surface area is 105 Å². The molecular weight excluding hydrogens is 258 g/mol. The molecule has 0 amide bonds. The van der Waals surface area contributed by atoms with Gasteiger partial charge in [0.25, 0.3) is 0 Å². The van der Waals surface area contributed by atoms with Gasteiger partial charge in [-0.25, -0.2) is 8.42 Å². The van der Waals surface area contributed by atoms with Crippen molar-refractivity contribution in [3.8, 4) is 11.5 Å². The molecule has 6 nitrogen and oxygen atoms in total. The molecule has 1 aromatic rings. The Kier molecular flexibility index (Phi) is 3.47. The quantitative estimate of drug-likeness (QED) is 0.795. The number of rotatable bonds is 3. The Morgan fingerprint density at radius 2 is 2.06 bits per heavy atom. The van der Waals surface area contributed by atoms with Crippen LogP contribution in [0.2, 0.25) is 0 Å². The third kappa shape index (κ3) is 2.29. The first-order valence-corrected chi connectivity index (χ1v) is 7.33. The van der Waals surface area contributed by atoms with Crippen LogP contribution in [0.1, 0.15) is 11.6 Å². The molecule has 1 aromatic carbocycles. The van der Waals surface area contributed by atoms with E-state index < -0.39 is 15.9 Å². The van der Waals surface area contributed by atoms with Gasteiger partial charge in [-0.3, -0.25) is 0 Å². The molecule has 1 atom stereocenters. The molecule has 0 saturated heterocycles. The summed E-state index contributed by atoms with van der Waals surface area (Å²) in [7, 11) is -3.53. The van der Waals surface area contributed by atoms with Crippen molar-refractivity contribution in [3.05, 3.63) is 17.7 Å². The number of hydrogen-bond donors (Lipinski definition) is 2. The van der Waals surface area contributed by atoms with E-state index in [0.717, 1.165) is 6.26 Å². The average Bonchev–Trinajstić information content (AvgIpc) is 2.35. The van der Waals surface area contributed by atoms with E-state index in [1.165, 1.54) is 0 Å². The first-order chi connectivity index (χ1) is 8.45. The van der Waals surface area contributed by atoms with Gasteiger partial charge in [0.05, 0.1) is 12.6 Å². The van der Waals surface area contributed by atoms with Gasteiger partial charge in [0.1, 0.15) is 18.1 Å². The highest BCUT2D eigenvalue weighted by atomic mass is 32.2. The molecule has 100 valence electrons. The summed E-state index contributed by atoms with van der Waals surface area (Å²) < 4.78 is 34.5. The lowest BCUT2D eigenvalue weighted by Crippen LogP contribution is -2.22. The zero-order valence-corrected chi connectivity index (χ0v) is 10.7. The number of fused-ring (bicyclic) bond motifs is 1. The Morgan fingerprint density at radius 3 is 2.67 bits per heavy atom. The Hall–Kier alpha value is -1.31. The lowest BCUT2D eigenvalue weighted by atomic mass is 10.1. The number of sulfone groups is 1. The molecule has 0 spiro atoms. The summed E-state index contributed by atoms with van der Waals surface area (Å²) in [6.45, 7) is 0.317. The maximum Gasteiger partial charge on any atom is 0.180 e. The van der Waals surface area contributed by atoms with Crippen LogP contribution < -0.4 is 15.2 Å². The molecule has 0 radical (unpaired) electrons. The molecule has 1 unspecified atom stereocenters. The molecule has 7 heteroatoms. The number of ether oxygens (including phenoxy) is 2. The van der Waals surface area contributed by atoms with Crippen LogP contribution in [0, 0.1) is 0 Å². The van der Waals surface area contributed by atoms with E-state index in [9.17, 15) is 8.42 Å². The minimum absolute atomic E-state index is 0.00116. The first-order valence-electron chi connectivity index (χ1n) is 5.44. The molecule has 3 N–H and O–H groups in total. The van der Waals surface area contributed by atoms with E-state index in [-0.39, 0.29) is 23.9 Å². The Bertz CT molecular complexity index is 555. The normalized spacial score (nSPS) is 16.4. The number of nitrogens with two attached hydrogens (primary N) is 1. The highest BCUT2D eigenvalue weighted by Gasteiger charge is 2.28. The number of aliphatic hydroxyl groups is 1.